The van der Waals surface area contributed by atoms with Gasteiger partial charge in [-0.2, -0.15) is 0 Å². The average molecular weight is 396 g/mol. The van der Waals surface area contributed by atoms with Gasteiger partial charge < -0.3 is 15.1 Å². The minimum absolute atomic E-state index is 0.0221. The van der Waals surface area contributed by atoms with E-state index in [0.717, 1.165) is 32.5 Å². The number of thiophene rings is 1. The fraction of sp³-hybridized carbons (Fsp3) is 0.684. The average Bonchev–Trinajstić information content (AvgIpc) is 3.18. The monoisotopic (exact) mass is 395 g/mol. The van der Waals surface area contributed by atoms with E-state index in [9.17, 15) is 9.59 Å². The van der Waals surface area contributed by atoms with Crippen LogP contribution in [0.2, 0.25) is 0 Å². The number of carbonyl (C=O) groups excluding carboxylic acids is 2. The highest BCUT2D eigenvalue weighted by molar-refractivity contribution is 8.01. The first-order chi connectivity index (χ1) is 12.2. The summed E-state index contributed by atoms with van der Waals surface area (Å²) in [5.41, 5.74) is -0.211. The second-order valence-electron chi connectivity index (χ2n) is 8.25. The van der Waals surface area contributed by atoms with Crippen molar-refractivity contribution in [3.8, 4) is 0 Å². The fourth-order valence-electron chi connectivity index (χ4n) is 3.51. The maximum atomic E-state index is 12.6. The van der Waals surface area contributed by atoms with Crippen molar-refractivity contribution in [3.05, 3.63) is 22.4 Å². The first-order valence-corrected chi connectivity index (χ1v) is 11.1. The maximum Gasteiger partial charge on any atom is 0.317 e. The highest BCUT2D eigenvalue weighted by Crippen LogP contribution is 2.45. The molecule has 2 aliphatic rings. The number of amides is 3. The van der Waals surface area contributed by atoms with E-state index in [4.69, 9.17) is 0 Å². The molecule has 0 aromatic carbocycles. The second kappa shape index (κ2) is 7.80. The molecule has 2 aliphatic heterocycles. The van der Waals surface area contributed by atoms with Crippen LogP contribution in [0.1, 0.15) is 50.8 Å². The van der Waals surface area contributed by atoms with Crippen molar-refractivity contribution in [3.63, 3.8) is 0 Å². The molecule has 3 amide bonds. The molecular formula is C19H29N3O2S2. The molecule has 7 heteroatoms. The standard InChI is InChI=1S/C19H29N3O2S2/c1-13-16(23)22(17(26-13)15-6-5-11-25-15)12-14-7-9-21(10-8-14)18(24)20-19(2,3)4/h5-6,11,13-14,17H,7-10,12H2,1-4H3,(H,20,24)/t13-,17+/m0/s1. The summed E-state index contributed by atoms with van der Waals surface area (Å²) in [6.07, 6.45) is 1.91. The Morgan fingerprint density at radius 1 is 1.31 bits per heavy atom. The Labute approximate surface area is 164 Å². The van der Waals surface area contributed by atoms with Crippen molar-refractivity contribution in [2.75, 3.05) is 19.6 Å². The third-order valence-corrected chi connectivity index (χ3v) is 7.32. The molecule has 5 nitrogen and oxygen atoms in total. The van der Waals surface area contributed by atoms with E-state index in [2.05, 4.69) is 27.7 Å². The molecule has 1 aromatic heterocycles. The molecule has 0 unspecified atom stereocenters. The van der Waals surface area contributed by atoms with Crippen LogP contribution in [0.25, 0.3) is 0 Å². The molecule has 1 N–H and O–H groups in total. The molecule has 0 bridgehead atoms. The van der Waals surface area contributed by atoms with Gasteiger partial charge in [0, 0.05) is 30.1 Å². The van der Waals surface area contributed by atoms with Crippen LogP contribution in [-0.4, -0.2) is 52.2 Å². The lowest BCUT2D eigenvalue weighted by atomic mass is 9.96. The highest BCUT2D eigenvalue weighted by Gasteiger charge is 2.40. The van der Waals surface area contributed by atoms with Crippen molar-refractivity contribution in [1.29, 1.82) is 0 Å². The van der Waals surface area contributed by atoms with E-state index in [1.807, 2.05) is 32.6 Å². The summed E-state index contributed by atoms with van der Waals surface area (Å²) in [5, 5.41) is 5.29. The molecule has 0 aliphatic carbocycles. The van der Waals surface area contributed by atoms with Gasteiger partial charge in [0.25, 0.3) is 0 Å². The maximum absolute atomic E-state index is 12.6. The van der Waals surface area contributed by atoms with Crippen LogP contribution in [0.4, 0.5) is 4.79 Å². The van der Waals surface area contributed by atoms with Gasteiger partial charge in [-0.1, -0.05) is 6.07 Å². The Hall–Kier alpha value is -1.21. The Balaban J connectivity index is 1.56. The Bertz CT molecular complexity index is 634. The third-order valence-electron chi connectivity index (χ3n) is 4.87. The minimum Gasteiger partial charge on any atom is -0.333 e. The van der Waals surface area contributed by atoms with Crippen molar-refractivity contribution in [2.45, 2.75) is 56.7 Å². The summed E-state index contributed by atoms with van der Waals surface area (Å²) in [6, 6.07) is 4.20. The summed E-state index contributed by atoms with van der Waals surface area (Å²) >= 11 is 3.48. The lowest BCUT2D eigenvalue weighted by Gasteiger charge is -2.36. The number of piperidine rings is 1. The van der Waals surface area contributed by atoms with Crippen molar-refractivity contribution < 1.29 is 9.59 Å². The molecule has 2 fully saturated rings. The lowest BCUT2D eigenvalue weighted by molar-refractivity contribution is -0.130. The van der Waals surface area contributed by atoms with Crippen LogP contribution in [-0.2, 0) is 4.79 Å². The number of carbonyl (C=O) groups is 2. The second-order valence-corrected chi connectivity index (χ2v) is 10.7. The molecule has 26 heavy (non-hydrogen) atoms. The lowest BCUT2D eigenvalue weighted by Crippen LogP contribution is -2.51. The van der Waals surface area contributed by atoms with Crippen molar-refractivity contribution in [1.82, 2.24) is 15.1 Å². The summed E-state index contributed by atoms with van der Waals surface area (Å²) in [4.78, 5) is 30.2. The van der Waals surface area contributed by atoms with Crippen LogP contribution >= 0.6 is 23.1 Å². The van der Waals surface area contributed by atoms with E-state index < -0.39 is 0 Å². The Morgan fingerprint density at radius 3 is 2.58 bits per heavy atom. The molecular weight excluding hydrogens is 366 g/mol. The quantitative estimate of drug-likeness (QED) is 0.844. The molecule has 0 radical (unpaired) electrons. The van der Waals surface area contributed by atoms with Gasteiger partial charge in [0.1, 0.15) is 5.37 Å². The predicted octanol–water partition coefficient (Wildman–Crippen LogP) is 3.93. The van der Waals surface area contributed by atoms with Gasteiger partial charge in [-0.25, -0.2) is 4.79 Å². The first kappa shape index (κ1) is 19.5. The van der Waals surface area contributed by atoms with Crippen molar-refractivity contribution >= 4 is 35.0 Å². The number of thioether (sulfide) groups is 1. The van der Waals surface area contributed by atoms with E-state index in [1.165, 1.54) is 4.88 Å². The zero-order valence-corrected chi connectivity index (χ0v) is 17.7. The first-order valence-electron chi connectivity index (χ1n) is 9.31. The normalized spacial score (nSPS) is 25.0. The number of likely N-dealkylation sites (tertiary alicyclic amines) is 1. The molecule has 144 valence electrons. The van der Waals surface area contributed by atoms with Crippen LogP contribution in [0.5, 0.6) is 0 Å². The summed E-state index contributed by atoms with van der Waals surface area (Å²) in [7, 11) is 0. The van der Waals surface area contributed by atoms with Crippen LogP contribution < -0.4 is 5.32 Å². The number of hydrogen-bond acceptors (Lipinski definition) is 4. The molecule has 0 saturated carbocycles. The van der Waals surface area contributed by atoms with E-state index in [0.29, 0.717) is 5.92 Å². The summed E-state index contributed by atoms with van der Waals surface area (Å²) in [6.45, 7) is 10.3. The molecule has 3 heterocycles. The molecule has 2 atom stereocenters. The van der Waals surface area contributed by atoms with E-state index in [-0.39, 0.29) is 28.1 Å². The number of nitrogens with zero attached hydrogens (tertiary/aromatic N) is 2. The topological polar surface area (TPSA) is 52.6 Å². The van der Waals surface area contributed by atoms with Gasteiger partial charge in [-0.3, -0.25) is 4.79 Å². The zero-order valence-electron chi connectivity index (χ0n) is 16.0. The van der Waals surface area contributed by atoms with Gasteiger partial charge in [-0.05, 0) is 57.9 Å². The van der Waals surface area contributed by atoms with Gasteiger partial charge in [-0.15, -0.1) is 23.1 Å². The van der Waals surface area contributed by atoms with Gasteiger partial charge in [0.15, 0.2) is 0 Å². The molecule has 0 spiro atoms. The largest absolute Gasteiger partial charge is 0.333 e. The Kier molecular flexibility index (Phi) is 5.87. The van der Waals surface area contributed by atoms with Crippen LogP contribution in [0.15, 0.2) is 17.5 Å². The summed E-state index contributed by atoms with van der Waals surface area (Å²) < 4.78 is 0. The SMILES string of the molecule is C[C@@H]1S[C@H](c2cccs2)N(CC2CCN(C(=O)NC(C)(C)C)CC2)C1=O. The minimum atomic E-state index is -0.211. The predicted molar refractivity (Wildman–Crippen MR) is 108 cm³/mol. The zero-order chi connectivity index (χ0) is 18.9. The van der Waals surface area contributed by atoms with E-state index in [1.54, 1.807) is 23.1 Å². The smallest absolute Gasteiger partial charge is 0.317 e. The number of urea groups is 1. The van der Waals surface area contributed by atoms with Gasteiger partial charge in [0.05, 0.1) is 5.25 Å². The van der Waals surface area contributed by atoms with Crippen LogP contribution in [0, 0.1) is 5.92 Å². The molecule has 2 saturated heterocycles. The van der Waals surface area contributed by atoms with Gasteiger partial charge >= 0.3 is 6.03 Å². The number of hydrogen-bond donors (Lipinski definition) is 1. The number of rotatable bonds is 3. The van der Waals surface area contributed by atoms with Gasteiger partial charge in [0.2, 0.25) is 5.91 Å². The van der Waals surface area contributed by atoms with Crippen LogP contribution in [0.3, 0.4) is 0 Å². The van der Waals surface area contributed by atoms with E-state index >= 15 is 0 Å². The highest BCUT2D eigenvalue weighted by atomic mass is 32.2. The summed E-state index contributed by atoms with van der Waals surface area (Å²) in [5.74, 6) is 0.715. The van der Waals surface area contributed by atoms with Crippen molar-refractivity contribution in [2.24, 2.45) is 5.92 Å². The molecule has 3 rings (SSSR count). The number of nitrogens with one attached hydrogen (secondary N) is 1. The third kappa shape index (κ3) is 4.55. The fourth-order valence-corrected chi connectivity index (χ4v) is 5.75. The molecule has 1 aromatic rings. The Morgan fingerprint density at radius 2 is 2.00 bits per heavy atom.